The van der Waals surface area contributed by atoms with Crippen molar-refractivity contribution < 1.29 is 5.11 Å². The molecule has 1 aromatic carbocycles. The van der Waals surface area contributed by atoms with E-state index in [0.717, 1.165) is 28.5 Å². The van der Waals surface area contributed by atoms with Crippen LogP contribution in [0.1, 0.15) is 11.1 Å². The van der Waals surface area contributed by atoms with Crippen LogP contribution >= 0.6 is 0 Å². The lowest BCUT2D eigenvalue weighted by molar-refractivity contribution is 0.471. The minimum absolute atomic E-state index is 0.371. The number of phenols is 1. The molecule has 1 aliphatic carbocycles. The number of aromatic hydroxyl groups is 1. The largest absolute Gasteiger partial charge is 0.508 e. The molecule has 2 nitrogen and oxygen atoms in total. The fraction of sp³-hybridized carbons (Fsp3) is 0.0833. The molecule has 0 fully saturated rings. The monoisotopic (exact) mass is 183 g/mol. The van der Waals surface area contributed by atoms with Crippen molar-refractivity contribution in [2.45, 2.75) is 6.42 Å². The van der Waals surface area contributed by atoms with Crippen molar-refractivity contribution in [3.8, 4) is 5.75 Å². The van der Waals surface area contributed by atoms with E-state index in [0.29, 0.717) is 5.75 Å². The molecule has 0 atom stereocenters. The van der Waals surface area contributed by atoms with Gasteiger partial charge in [-0.1, -0.05) is 12.2 Å². The second kappa shape index (κ2) is 2.58. The van der Waals surface area contributed by atoms with E-state index in [1.165, 1.54) is 0 Å². The van der Waals surface area contributed by atoms with Crippen LogP contribution in [0.15, 0.2) is 30.5 Å². The van der Waals surface area contributed by atoms with Crippen LogP contribution in [0, 0.1) is 0 Å². The van der Waals surface area contributed by atoms with Gasteiger partial charge in [-0.15, -0.1) is 0 Å². The molecular weight excluding hydrogens is 174 g/mol. The van der Waals surface area contributed by atoms with Crippen LogP contribution in [-0.2, 0) is 6.42 Å². The van der Waals surface area contributed by atoms with Gasteiger partial charge in [0.2, 0.25) is 0 Å². The van der Waals surface area contributed by atoms with Crippen molar-refractivity contribution in [1.82, 2.24) is 4.98 Å². The molecule has 0 saturated heterocycles. The van der Waals surface area contributed by atoms with Gasteiger partial charge >= 0.3 is 0 Å². The molecule has 2 heteroatoms. The summed E-state index contributed by atoms with van der Waals surface area (Å²) in [5, 5.41) is 10.8. The van der Waals surface area contributed by atoms with Gasteiger partial charge in [-0.2, -0.15) is 0 Å². The summed E-state index contributed by atoms with van der Waals surface area (Å²) in [4.78, 5) is 4.28. The molecule has 1 aliphatic rings. The number of rotatable bonds is 0. The Labute approximate surface area is 81.5 Å². The second-order valence-electron chi connectivity index (χ2n) is 3.46. The molecule has 0 saturated carbocycles. The number of pyridine rings is 1. The quantitative estimate of drug-likeness (QED) is 0.680. The molecule has 14 heavy (non-hydrogen) atoms. The predicted octanol–water partition coefficient (Wildman–Crippen LogP) is 2.51. The fourth-order valence-corrected chi connectivity index (χ4v) is 1.98. The Balaban J connectivity index is 2.56. The maximum atomic E-state index is 9.71. The topological polar surface area (TPSA) is 33.1 Å². The van der Waals surface area contributed by atoms with Gasteiger partial charge in [0, 0.05) is 17.1 Å². The van der Waals surface area contributed by atoms with Crippen molar-refractivity contribution in [3.63, 3.8) is 0 Å². The molecule has 3 rings (SSSR count). The van der Waals surface area contributed by atoms with Gasteiger partial charge in [-0.05, 0) is 30.2 Å². The minimum atomic E-state index is 0.371. The van der Waals surface area contributed by atoms with Gasteiger partial charge in [0.1, 0.15) is 5.75 Å². The third-order valence-electron chi connectivity index (χ3n) is 2.64. The van der Waals surface area contributed by atoms with E-state index < -0.39 is 0 Å². The van der Waals surface area contributed by atoms with Crippen molar-refractivity contribution in [3.05, 3.63) is 41.6 Å². The van der Waals surface area contributed by atoms with Crippen LogP contribution in [0.3, 0.4) is 0 Å². The molecule has 0 bridgehead atoms. The molecule has 1 N–H and O–H groups in total. The summed E-state index contributed by atoms with van der Waals surface area (Å²) in [6, 6.07) is 5.55. The van der Waals surface area contributed by atoms with E-state index in [2.05, 4.69) is 17.1 Å². The Bertz CT molecular complexity index is 543. The van der Waals surface area contributed by atoms with E-state index in [1.54, 1.807) is 12.3 Å². The first kappa shape index (κ1) is 7.56. The lowest BCUT2D eigenvalue weighted by Crippen LogP contribution is -1.94. The zero-order valence-electron chi connectivity index (χ0n) is 7.57. The lowest BCUT2D eigenvalue weighted by atomic mass is 9.95. The van der Waals surface area contributed by atoms with Gasteiger partial charge in [0.15, 0.2) is 0 Å². The number of nitrogens with zero attached hydrogens (tertiary/aromatic N) is 1. The van der Waals surface area contributed by atoms with Crippen LogP contribution in [0.2, 0.25) is 0 Å². The molecule has 68 valence electrons. The Morgan fingerprint density at radius 1 is 1.21 bits per heavy atom. The number of allylic oxidation sites excluding steroid dienone is 1. The number of phenolic OH excluding ortho intramolecular Hbond substituents is 1. The molecule has 0 aliphatic heterocycles. The van der Waals surface area contributed by atoms with Crippen molar-refractivity contribution in [1.29, 1.82) is 0 Å². The first-order valence-corrected chi connectivity index (χ1v) is 4.62. The SMILES string of the molecule is Oc1ccc2nccc3c2c1CC=C3. The minimum Gasteiger partial charge on any atom is -0.508 e. The lowest BCUT2D eigenvalue weighted by Gasteiger charge is -2.12. The predicted molar refractivity (Wildman–Crippen MR) is 56.1 cm³/mol. The first-order chi connectivity index (χ1) is 6.86. The maximum Gasteiger partial charge on any atom is 0.119 e. The fourth-order valence-electron chi connectivity index (χ4n) is 1.98. The van der Waals surface area contributed by atoms with Crippen LogP contribution in [0.5, 0.6) is 5.75 Å². The highest BCUT2D eigenvalue weighted by atomic mass is 16.3. The maximum absolute atomic E-state index is 9.71. The van der Waals surface area contributed by atoms with Gasteiger partial charge in [0.25, 0.3) is 0 Å². The summed E-state index contributed by atoms with van der Waals surface area (Å²) >= 11 is 0. The Hall–Kier alpha value is -1.83. The highest BCUT2D eigenvalue weighted by Crippen LogP contribution is 2.32. The summed E-state index contributed by atoms with van der Waals surface area (Å²) in [6.07, 6.45) is 6.74. The smallest absolute Gasteiger partial charge is 0.119 e. The normalized spacial score (nSPS) is 13.4. The summed E-state index contributed by atoms with van der Waals surface area (Å²) in [5.41, 5.74) is 3.10. The highest BCUT2D eigenvalue weighted by Gasteiger charge is 2.12. The van der Waals surface area contributed by atoms with E-state index in [9.17, 15) is 5.11 Å². The second-order valence-corrected chi connectivity index (χ2v) is 3.46. The average molecular weight is 183 g/mol. The molecular formula is C12H9NO. The van der Waals surface area contributed by atoms with Crippen molar-refractivity contribution in [2.24, 2.45) is 0 Å². The zero-order valence-corrected chi connectivity index (χ0v) is 7.57. The van der Waals surface area contributed by atoms with Crippen LogP contribution in [-0.4, -0.2) is 10.1 Å². The number of hydrogen-bond acceptors (Lipinski definition) is 2. The summed E-state index contributed by atoms with van der Waals surface area (Å²) in [5.74, 6) is 0.371. The number of hydrogen-bond donors (Lipinski definition) is 1. The van der Waals surface area contributed by atoms with Gasteiger partial charge in [-0.25, -0.2) is 0 Å². The van der Waals surface area contributed by atoms with Gasteiger partial charge in [-0.3, -0.25) is 4.98 Å². The summed E-state index contributed by atoms with van der Waals surface area (Å²) in [6.45, 7) is 0. The molecule has 0 unspecified atom stereocenters. The molecule has 0 spiro atoms. The van der Waals surface area contributed by atoms with E-state index in [-0.39, 0.29) is 0 Å². The molecule has 0 amide bonds. The zero-order chi connectivity index (χ0) is 9.54. The number of benzene rings is 1. The Morgan fingerprint density at radius 3 is 3.07 bits per heavy atom. The summed E-state index contributed by atoms with van der Waals surface area (Å²) < 4.78 is 0. The van der Waals surface area contributed by atoms with E-state index in [4.69, 9.17) is 0 Å². The third kappa shape index (κ3) is 0.880. The molecule has 1 heterocycles. The van der Waals surface area contributed by atoms with Gasteiger partial charge < -0.3 is 5.11 Å². The highest BCUT2D eigenvalue weighted by molar-refractivity contribution is 5.93. The Morgan fingerprint density at radius 2 is 2.14 bits per heavy atom. The van der Waals surface area contributed by atoms with Crippen LogP contribution < -0.4 is 0 Å². The molecule has 0 radical (unpaired) electrons. The van der Waals surface area contributed by atoms with Crippen LogP contribution in [0.4, 0.5) is 0 Å². The third-order valence-corrected chi connectivity index (χ3v) is 2.64. The molecule has 1 aromatic heterocycles. The van der Waals surface area contributed by atoms with E-state index in [1.807, 2.05) is 12.1 Å². The molecule has 2 aromatic rings. The Kier molecular flexibility index (Phi) is 1.39. The number of aromatic nitrogens is 1. The van der Waals surface area contributed by atoms with Crippen molar-refractivity contribution in [2.75, 3.05) is 0 Å². The van der Waals surface area contributed by atoms with Crippen molar-refractivity contribution >= 4 is 17.0 Å². The first-order valence-electron chi connectivity index (χ1n) is 4.62. The summed E-state index contributed by atoms with van der Waals surface area (Å²) in [7, 11) is 0. The van der Waals surface area contributed by atoms with Gasteiger partial charge in [0.05, 0.1) is 5.52 Å². The standard InChI is InChI=1S/C12H9NO/c14-11-5-4-10-12-8(6-7-13-10)2-1-3-9(11)12/h1-2,4-7,14H,3H2. The van der Waals surface area contributed by atoms with E-state index >= 15 is 0 Å². The van der Waals surface area contributed by atoms with Crippen LogP contribution in [0.25, 0.3) is 17.0 Å². The average Bonchev–Trinajstić information content (AvgIpc) is 2.24.